The van der Waals surface area contributed by atoms with E-state index in [9.17, 15) is 14.7 Å². The number of likely N-dealkylation sites (N-methyl/N-ethyl adjacent to an activating group) is 1. The van der Waals surface area contributed by atoms with E-state index in [1.54, 1.807) is 17.9 Å². The number of nitrogens with zero attached hydrogens (tertiary/aromatic N) is 2. The number of hydrogen-bond acceptors (Lipinski definition) is 4. The molecule has 6 nitrogen and oxygen atoms in total. The van der Waals surface area contributed by atoms with Crippen molar-refractivity contribution in [2.45, 2.75) is 26.9 Å². The monoisotopic (exact) mass is 292 g/mol. The number of carbonyl (C=O) groups is 2. The minimum absolute atomic E-state index is 0.0218. The Balaban J connectivity index is 2.30. The summed E-state index contributed by atoms with van der Waals surface area (Å²) in [6.07, 6.45) is -0.677. The number of hydrogen-bond donors (Lipinski definition) is 1. The molecule has 0 aliphatic carbocycles. The van der Waals surface area contributed by atoms with Crippen LogP contribution < -0.4 is 9.64 Å². The summed E-state index contributed by atoms with van der Waals surface area (Å²) in [4.78, 5) is 27.6. The number of amides is 2. The van der Waals surface area contributed by atoms with Crippen LogP contribution in [0, 0.1) is 0 Å². The van der Waals surface area contributed by atoms with E-state index in [1.807, 2.05) is 13.8 Å². The highest BCUT2D eigenvalue weighted by Gasteiger charge is 2.33. The van der Waals surface area contributed by atoms with Crippen LogP contribution in [0.4, 0.5) is 5.69 Å². The Morgan fingerprint density at radius 1 is 1.38 bits per heavy atom. The summed E-state index contributed by atoms with van der Waals surface area (Å²) in [5, 5.41) is 9.51. The molecular weight excluding hydrogens is 272 g/mol. The van der Waals surface area contributed by atoms with Gasteiger partial charge in [0.2, 0.25) is 5.91 Å². The SMILES string of the molecule is CCN(CC)C(=O)CN1C(=O)C(C)Oc2cc(O)ccc21. The fourth-order valence-corrected chi connectivity index (χ4v) is 2.37. The topological polar surface area (TPSA) is 70.1 Å². The molecule has 0 bridgehead atoms. The minimum Gasteiger partial charge on any atom is -0.508 e. The Labute approximate surface area is 123 Å². The highest BCUT2D eigenvalue weighted by molar-refractivity contribution is 6.03. The average Bonchev–Trinajstić information content (AvgIpc) is 2.45. The van der Waals surface area contributed by atoms with Crippen molar-refractivity contribution in [2.24, 2.45) is 0 Å². The summed E-state index contributed by atoms with van der Waals surface area (Å²) >= 11 is 0. The molecule has 0 fully saturated rings. The Hall–Kier alpha value is -2.24. The van der Waals surface area contributed by atoms with E-state index in [0.717, 1.165) is 0 Å². The number of phenols is 1. The van der Waals surface area contributed by atoms with Crippen LogP contribution >= 0.6 is 0 Å². The summed E-state index contributed by atoms with van der Waals surface area (Å²) in [7, 11) is 0. The van der Waals surface area contributed by atoms with E-state index in [4.69, 9.17) is 4.74 Å². The molecule has 2 rings (SSSR count). The van der Waals surface area contributed by atoms with Crippen LogP contribution in [0.15, 0.2) is 18.2 Å². The van der Waals surface area contributed by atoms with Crippen molar-refractivity contribution in [3.63, 3.8) is 0 Å². The first-order valence-electron chi connectivity index (χ1n) is 7.06. The lowest BCUT2D eigenvalue weighted by Crippen LogP contribution is -2.49. The summed E-state index contributed by atoms with van der Waals surface area (Å²) in [5.74, 6) is 0.106. The van der Waals surface area contributed by atoms with Crippen LogP contribution in [0.2, 0.25) is 0 Å². The predicted octanol–water partition coefficient (Wildman–Crippen LogP) is 1.37. The van der Waals surface area contributed by atoms with Gasteiger partial charge in [-0.25, -0.2) is 0 Å². The molecule has 0 spiro atoms. The lowest BCUT2D eigenvalue weighted by molar-refractivity contribution is -0.132. The van der Waals surface area contributed by atoms with Gasteiger partial charge in [-0.05, 0) is 32.9 Å². The van der Waals surface area contributed by atoms with Gasteiger partial charge in [-0.15, -0.1) is 0 Å². The van der Waals surface area contributed by atoms with E-state index in [-0.39, 0.29) is 24.1 Å². The van der Waals surface area contributed by atoms with Crippen LogP contribution in [0.25, 0.3) is 0 Å². The largest absolute Gasteiger partial charge is 0.508 e. The highest BCUT2D eigenvalue weighted by atomic mass is 16.5. The van der Waals surface area contributed by atoms with Crippen molar-refractivity contribution in [1.29, 1.82) is 0 Å². The predicted molar refractivity (Wildman–Crippen MR) is 78.5 cm³/mol. The number of fused-ring (bicyclic) bond motifs is 1. The van der Waals surface area contributed by atoms with Crippen LogP contribution in [0.5, 0.6) is 11.5 Å². The van der Waals surface area contributed by atoms with Gasteiger partial charge in [-0.3, -0.25) is 14.5 Å². The number of ether oxygens (including phenoxy) is 1. The van der Waals surface area contributed by atoms with Gasteiger partial charge in [-0.2, -0.15) is 0 Å². The first kappa shape index (κ1) is 15.2. The summed E-state index contributed by atoms with van der Waals surface area (Å²) in [6.45, 7) is 6.61. The molecule has 2 amide bonds. The quantitative estimate of drug-likeness (QED) is 0.910. The van der Waals surface area contributed by atoms with Gasteiger partial charge in [0.1, 0.15) is 18.0 Å². The van der Waals surface area contributed by atoms with Crippen molar-refractivity contribution in [3.8, 4) is 11.5 Å². The third-order valence-corrected chi connectivity index (χ3v) is 3.56. The lowest BCUT2D eigenvalue weighted by atomic mass is 10.1. The molecule has 0 saturated carbocycles. The summed E-state index contributed by atoms with van der Waals surface area (Å²) in [5.41, 5.74) is 0.511. The van der Waals surface area contributed by atoms with E-state index in [0.29, 0.717) is 24.5 Å². The van der Waals surface area contributed by atoms with E-state index in [1.165, 1.54) is 17.0 Å². The van der Waals surface area contributed by atoms with Crippen molar-refractivity contribution >= 4 is 17.5 Å². The van der Waals surface area contributed by atoms with Gasteiger partial charge in [0.15, 0.2) is 6.10 Å². The average molecular weight is 292 g/mol. The van der Waals surface area contributed by atoms with Crippen LogP contribution in [0.3, 0.4) is 0 Å². The zero-order valence-electron chi connectivity index (χ0n) is 12.5. The number of carbonyl (C=O) groups excluding carboxylic acids is 2. The molecule has 0 aromatic heterocycles. The zero-order chi connectivity index (χ0) is 15.6. The number of phenolic OH excluding ortho intramolecular Hbond substituents is 1. The molecule has 114 valence electrons. The maximum Gasteiger partial charge on any atom is 0.268 e. The Bertz CT molecular complexity index is 555. The second kappa shape index (κ2) is 6.03. The number of benzene rings is 1. The third-order valence-electron chi connectivity index (χ3n) is 3.56. The Kier molecular flexibility index (Phi) is 4.35. The molecule has 6 heteroatoms. The first-order valence-corrected chi connectivity index (χ1v) is 7.06. The summed E-state index contributed by atoms with van der Waals surface area (Å²) < 4.78 is 5.47. The van der Waals surface area contributed by atoms with E-state index in [2.05, 4.69) is 0 Å². The molecule has 21 heavy (non-hydrogen) atoms. The smallest absolute Gasteiger partial charge is 0.268 e. The molecular formula is C15H20N2O4. The zero-order valence-corrected chi connectivity index (χ0v) is 12.5. The molecule has 1 aromatic rings. The number of rotatable bonds is 4. The van der Waals surface area contributed by atoms with Crippen molar-refractivity contribution in [1.82, 2.24) is 4.90 Å². The molecule has 0 radical (unpaired) electrons. The van der Waals surface area contributed by atoms with Crippen LogP contribution in [-0.4, -0.2) is 47.6 Å². The molecule has 1 aromatic carbocycles. The van der Waals surface area contributed by atoms with Crippen molar-refractivity contribution in [2.75, 3.05) is 24.5 Å². The lowest BCUT2D eigenvalue weighted by Gasteiger charge is -2.33. The second-order valence-corrected chi connectivity index (χ2v) is 4.90. The normalized spacial score (nSPS) is 17.2. The van der Waals surface area contributed by atoms with E-state index < -0.39 is 6.10 Å². The van der Waals surface area contributed by atoms with E-state index >= 15 is 0 Å². The number of anilines is 1. The second-order valence-electron chi connectivity index (χ2n) is 4.90. The van der Waals surface area contributed by atoms with Crippen LogP contribution in [0.1, 0.15) is 20.8 Å². The molecule has 1 heterocycles. The molecule has 1 unspecified atom stereocenters. The van der Waals surface area contributed by atoms with Gasteiger partial charge in [-0.1, -0.05) is 0 Å². The summed E-state index contributed by atoms with van der Waals surface area (Å²) in [6, 6.07) is 4.51. The van der Waals surface area contributed by atoms with Crippen molar-refractivity contribution in [3.05, 3.63) is 18.2 Å². The Morgan fingerprint density at radius 3 is 2.67 bits per heavy atom. The maximum absolute atomic E-state index is 12.3. The Morgan fingerprint density at radius 2 is 2.05 bits per heavy atom. The standard InChI is InChI=1S/C15H20N2O4/c1-4-16(5-2)14(19)9-17-12-7-6-11(18)8-13(12)21-10(3)15(17)20/h6-8,10,18H,4-5,9H2,1-3H3. The minimum atomic E-state index is -0.677. The van der Waals surface area contributed by atoms with Gasteiger partial charge in [0.05, 0.1) is 5.69 Å². The molecule has 1 aliphatic heterocycles. The third kappa shape index (κ3) is 2.94. The maximum atomic E-state index is 12.3. The van der Waals surface area contributed by atoms with Gasteiger partial charge in [0.25, 0.3) is 5.91 Å². The number of aromatic hydroxyl groups is 1. The fraction of sp³-hybridized carbons (Fsp3) is 0.467. The highest BCUT2D eigenvalue weighted by Crippen LogP contribution is 2.36. The first-order chi connectivity index (χ1) is 9.97. The molecule has 1 N–H and O–H groups in total. The molecule has 0 saturated heterocycles. The van der Waals surface area contributed by atoms with Gasteiger partial charge < -0.3 is 14.7 Å². The molecule has 1 atom stereocenters. The van der Waals surface area contributed by atoms with Gasteiger partial charge >= 0.3 is 0 Å². The van der Waals surface area contributed by atoms with Gasteiger partial charge in [0, 0.05) is 19.2 Å². The van der Waals surface area contributed by atoms with Crippen LogP contribution in [-0.2, 0) is 9.59 Å². The van der Waals surface area contributed by atoms with Crippen molar-refractivity contribution < 1.29 is 19.4 Å². The fourth-order valence-electron chi connectivity index (χ4n) is 2.37. The molecule has 1 aliphatic rings.